The normalized spacial score (nSPS) is 31.2. The quantitative estimate of drug-likeness (QED) is 0.205. The predicted octanol–water partition coefficient (Wildman–Crippen LogP) is 0.525. The van der Waals surface area contributed by atoms with E-state index in [1.54, 1.807) is 0 Å². The maximum atomic E-state index is 15.1. The molecule has 3 unspecified atom stereocenters. The molecule has 20 heteroatoms. The fraction of sp³-hybridized carbons (Fsp3) is 0.600. The Kier molecular flexibility index (Phi) is 7.44. The van der Waals surface area contributed by atoms with Crippen molar-refractivity contribution in [2.75, 3.05) is 12.3 Å². The van der Waals surface area contributed by atoms with E-state index in [4.69, 9.17) is 37.4 Å². The summed E-state index contributed by atoms with van der Waals surface area (Å²) >= 11 is 4.95. The largest absolute Gasteiger partial charge is 0.490 e. The molecule has 1 fully saturated rings. The molecule has 7 N–H and O–H groups in total. The summed E-state index contributed by atoms with van der Waals surface area (Å²) in [7, 11) is -16.8. The SMILES string of the molecule is CC1(F)[C@@H](O)[C@@H](COP(=O)(O)OP(=O)(O)OP(=O)(O)O)O[C@H]1n1ccc(N)nc1=S. The van der Waals surface area contributed by atoms with Crippen molar-refractivity contribution in [3.8, 4) is 0 Å². The lowest BCUT2D eigenvalue weighted by molar-refractivity contribution is -0.0593. The maximum Gasteiger partial charge on any atom is 0.490 e. The van der Waals surface area contributed by atoms with E-state index in [1.807, 2.05) is 0 Å². The van der Waals surface area contributed by atoms with Gasteiger partial charge in [-0.15, -0.1) is 0 Å². The zero-order chi connectivity index (χ0) is 23.1. The van der Waals surface area contributed by atoms with E-state index in [-0.39, 0.29) is 10.6 Å². The van der Waals surface area contributed by atoms with Crippen molar-refractivity contribution in [2.45, 2.75) is 31.0 Å². The molecule has 172 valence electrons. The number of nitrogens with two attached hydrogens (primary N) is 1. The van der Waals surface area contributed by atoms with Gasteiger partial charge >= 0.3 is 23.5 Å². The summed E-state index contributed by atoms with van der Waals surface area (Å²) in [6.07, 6.45) is -3.85. The number of alkyl halides is 1. The first-order valence-electron chi connectivity index (χ1n) is 7.59. The van der Waals surface area contributed by atoms with Crippen LogP contribution in [0.4, 0.5) is 10.2 Å². The molecule has 1 aliphatic rings. The Morgan fingerprint density at radius 2 is 1.90 bits per heavy atom. The molecule has 6 atom stereocenters. The molecule has 1 aromatic rings. The van der Waals surface area contributed by atoms with Gasteiger partial charge in [0.1, 0.15) is 18.0 Å². The number of ether oxygens (including phenoxy) is 1. The highest BCUT2D eigenvalue weighted by Gasteiger charge is 2.55. The third-order valence-corrected chi connectivity index (χ3v) is 7.74. The Morgan fingerprint density at radius 1 is 1.30 bits per heavy atom. The van der Waals surface area contributed by atoms with Crippen LogP contribution in [0.15, 0.2) is 12.3 Å². The van der Waals surface area contributed by atoms with E-state index in [1.165, 1.54) is 12.3 Å². The Morgan fingerprint density at radius 3 is 2.43 bits per heavy atom. The molecular formula is C10H17FN3O12P3S. The van der Waals surface area contributed by atoms with Crippen LogP contribution >= 0.6 is 35.7 Å². The van der Waals surface area contributed by atoms with Crippen LogP contribution in [0.5, 0.6) is 0 Å². The Hall–Kier alpha value is -0.640. The minimum absolute atomic E-state index is 0.0413. The van der Waals surface area contributed by atoms with Gasteiger partial charge in [-0.25, -0.2) is 23.1 Å². The third-order valence-electron chi connectivity index (χ3n) is 3.64. The van der Waals surface area contributed by atoms with Gasteiger partial charge in [0.15, 0.2) is 11.9 Å². The smallest absolute Gasteiger partial charge is 0.387 e. The zero-order valence-corrected chi connectivity index (χ0v) is 18.3. The van der Waals surface area contributed by atoms with Crippen LogP contribution < -0.4 is 5.73 Å². The van der Waals surface area contributed by atoms with Crippen molar-refractivity contribution in [1.29, 1.82) is 0 Å². The maximum absolute atomic E-state index is 15.1. The number of aromatic nitrogens is 2. The number of aliphatic hydroxyl groups excluding tert-OH is 1. The van der Waals surface area contributed by atoms with Gasteiger partial charge in [-0.05, 0) is 25.2 Å². The van der Waals surface area contributed by atoms with E-state index < -0.39 is 54.2 Å². The van der Waals surface area contributed by atoms with Gasteiger partial charge in [-0.1, -0.05) is 0 Å². The fourth-order valence-electron chi connectivity index (χ4n) is 2.43. The van der Waals surface area contributed by atoms with E-state index >= 15 is 4.39 Å². The monoisotopic (exact) mass is 515 g/mol. The molecule has 2 rings (SSSR count). The van der Waals surface area contributed by atoms with E-state index in [9.17, 15) is 23.7 Å². The van der Waals surface area contributed by atoms with Crippen molar-refractivity contribution in [3.05, 3.63) is 17.0 Å². The summed E-state index contributed by atoms with van der Waals surface area (Å²) in [6.45, 7) is -0.0954. The van der Waals surface area contributed by atoms with Crippen molar-refractivity contribution in [2.24, 2.45) is 0 Å². The van der Waals surface area contributed by atoms with Crippen LogP contribution in [0.2, 0.25) is 0 Å². The van der Waals surface area contributed by atoms with Gasteiger partial charge in [0.05, 0.1) is 6.61 Å². The summed E-state index contributed by atoms with van der Waals surface area (Å²) in [5, 5.41) is 10.2. The minimum Gasteiger partial charge on any atom is -0.387 e. The number of hydrogen-bond donors (Lipinski definition) is 6. The van der Waals surface area contributed by atoms with Crippen LogP contribution in [0, 0.1) is 4.77 Å². The highest BCUT2D eigenvalue weighted by Crippen LogP contribution is 2.66. The van der Waals surface area contributed by atoms with Crippen LogP contribution in [0.1, 0.15) is 13.2 Å². The molecule has 1 saturated heterocycles. The van der Waals surface area contributed by atoms with Crippen molar-refractivity contribution in [1.82, 2.24) is 9.55 Å². The van der Waals surface area contributed by atoms with Crippen molar-refractivity contribution < 1.29 is 60.6 Å². The molecule has 0 spiro atoms. The molecule has 1 aliphatic heterocycles. The molecule has 15 nitrogen and oxygen atoms in total. The molecule has 0 aromatic carbocycles. The van der Waals surface area contributed by atoms with E-state index in [2.05, 4.69) is 18.1 Å². The second kappa shape index (κ2) is 8.71. The first-order chi connectivity index (χ1) is 13.4. The number of halogens is 1. The number of hydrogen-bond acceptors (Lipinski definition) is 11. The van der Waals surface area contributed by atoms with Gasteiger partial charge in [0, 0.05) is 6.20 Å². The predicted molar refractivity (Wildman–Crippen MR) is 96.7 cm³/mol. The molecule has 30 heavy (non-hydrogen) atoms. The third kappa shape index (κ3) is 6.43. The lowest BCUT2D eigenvalue weighted by atomic mass is 9.98. The molecule has 1 aromatic heterocycles. The molecule has 0 saturated carbocycles. The van der Waals surface area contributed by atoms with Gasteiger partial charge in [-0.2, -0.15) is 8.62 Å². The van der Waals surface area contributed by atoms with Crippen molar-refractivity contribution in [3.63, 3.8) is 0 Å². The van der Waals surface area contributed by atoms with Gasteiger partial charge < -0.3 is 35.2 Å². The van der Waals surface area contributed by atoms with Crippen molar-refractivity contribution >= 4 is 41.5 Å². The average molecular weight is 515 g/mol. The Labute approximate surface area is 172 Å². The number of phosphoric ester groups is 1. The van der Waals surface area contributed by atoms with Gasteiger partial charge in [0.2, 0.25) is 4.77 Å². The molecule has 0 amide bonds. The zero-order valence-electron chi connectivity index (χ0n) is 14.8. The summed E-state index contributed by atoms with van der Waals surface area (Å²) in [6, 6.07) is 1.28. The first kappa shape index (κ1) is 25.6. The molecule has 0 bridgehead atoms. The first-order valence-corrected chi connectivity index (χ1v) is 12.5. The highest BCUT2D eigenvalue weighted by molar-refractivity contribution is 7.71. The molecule has 0 radical (unpaired) electrons. The van der Waals surface area contributed by atoms with Gasteiger partial charge in [0.25, 0.3) is 0 Å². The molecule has 0 aliphatic carbocycles. The number of phosphoric acid groups is 3. The Bertz CT molecular complexity index is 1000. The lowest BCUT2D eigenvalue weighted by Crippen LogP contribution is -2.40. The number of rotatable bonds is 8. The molecular weight excluding hydrogens is 498 g/mol. The lowest BCUT2D eigenvalue weighted by Gasteiger charge is -2.25. The summed E-state index contributed by atoms with van der Waals surface area (Å²) in [4.78, 5) is 39.2. The summed E-state index contributed by atoms with van der Waals surface area (Å²) in [5.41, 5.74) is 2.96. The van der Waals surface area contributed by atoms with E-state index in [0.29, 0.717) is 0 Å². The van der Waals surface area contributed by atoms with Gasteiger partial charge in [-0.3, -0.25) is 9.09 Å². The van der Waals surface area contributed by atoms with Crippen LogP contribution in [-0.2, 0) is 31.6 Å². The minimum atomic E-state index is -5.73. The van der Waals surface area contributed by atoms with Crippen LogP contribution in [0.3, 0.4) is 0 Å². The number of aliphatic hydroxyl groups is 1. The molecule has 2 heterocycles. The fourth-order valence-corrected chi connectivity index (χ4v) is 5.72. The number of nitrogen functional groups attached to an aromatic ring is 1. The second-order valence-electron chi connectivity index (χ2n) is 6.05. The highest BCUT2D eigenvalue weighted by atomic mass is 32.1. The second-order valence-corrected chi connectivity index (χ2v) is 10.8. The standard InChI is InChI=1S/C10H17FN3O12P3S/c1-10(11)7(15)5(24-8(10)14-3-2-6(12)13-9(14)30)4-23-28(19,20)26-29(21,22)25-27(16,17)18/h2-3,5,7-8,15H,4H2,1H3,(H,19,20)(H,21,22)(H2,12,13,30)(H2,16,17,18)/t5-,7+,8-,10?/m1/s1. The van der Waals surface area contributed by atoms with Crippen LogP contribution in [-0.4, -0.2) is 58.7 Å². The topological polar surface area (TPSA) is 233 Å². The Balaban J connectivity index is 2.12. The van der Waals surface area contributed by atoms with E-state index in [0.717, 1.165) is 11.5 Å². The number of nitrogens with zero attached hydrogens (tertiary/aromatic N) is 2. The average Bonchev–Trinajstić information content (AvgIpc) is 2.73. The number of anilines is 1. The van der Waals surface area contributed by atoms with Crippen LogP contribution in [0.25, 0.3) is 0 Å². The summed E-state index contributed by atoms with van der Waals surface area (Å²) in [5.74, 6) is 0.0413. The summed E-state index contributed by atoms with van der Waals surface area (Å²) < 4.78 is 66.3.